The molecule has 0 spiro atoms. The predicted molar refractivity (Wildman–Crippen MR) is 97.7 cm³/mol. The number of hydrogen-bond acceptors (Lipinski definition) is 3. The Balaban J connectivity index is 2.01. The number of allylic oxidation sites excluding steroid dienone is 1. The van der Waals surface area contributed by atoms with Gasteiger partial charge in [0.2, 0.25) is 0 Å². The minimum atomic E-state index is -0.241. The molecule has 0 bridgehead atoms. The third-order valence-electron chi connectivity index (χ3n) is 6.92. The third-order valence-corrected chi connectivity index (χ3v) is 6.92. The maximum Gasteiger partial charge on any atom is 0.147 e. The number of carbonyl (C=O) groups excluding carboxylic acids is 1. The van der Waals surface area contributed by atoms with Crippen molar-refractivity contribution in [2.45, 2.75) is 72.3 Å². The van der Waals surface area contributed by atoms with Crippen molar-refractivity contribution in [2.75, 3.05) is 13.9 Å². The van der Waals surface area contributed by atoms with Crippen LogP contribution in [0.15, 0.2) is 12.2 Å². The van der Waals surface area contributed by atoms with E-state index in [1.54, 1.807) is 7.11 Å². The molecule has 0 N–H and O–H groups in total. The van der Waals surface area contributed by atoms with Crippen molar-refractivity contribution in [1.29, 1.82) is 0 Å². The van der Waals surface area contributed by atoms with E-state index < -0.39 is 0 Å². The van der Waals surface area contributed by atoms with Crippen molar-refractivity contribution < 1.29 is 14.3 Å². The van der Waals surface area contributed by atoms with E-state index >= 15 is 0 Å². The molecule has 2 rings (SSSR count). The topological polar surface area (TPSA) is 35.5 Å². The highest BCUT2D eigenvalue weighted by molar-refractivity contribution is 5.83. The van der Waals surface area contributed by atoms with E-state index in [2.05, 4.69) is 46.8 Å². The Morgan fingerprint density at radius 3 is 2.67 bits per heavy atom. The number of fused-ring (bicyclic) bond motifs is 1. The van der Waals surface area contributed by atoms with E-state index in [9.17, 15) is 4.79 Å². The van der Waals surface area contributed by atoms with Gasteiger partial charge in [0.25, 0.3) is 0 Å². The normalized spacial score (nSPS) is 33.7. The first-order valence-electron chi connectivity index (χ1n) is 9.56. The highest BCUT2D eigenvalue weighted by Gasteiger charge is 2.51. The smallest absolute Gasteiger partial charge is 0.147 e. The Kier molecular flexibility index (Phi) is 6.30. The Morgan fingerprint density at radius 2 is 2.00 bits per heavy atom. The molecule has 0 aromatic rings. The monoisotopic (exact) mass is 336 g/mol. The second kappa shape index (κ2) is 7.70. The van der Waals surface area contributed by atoms with Crippen LogP contribution in [-0.4, -0.2) is 25.3 Å². The van der Waals surface area contributed by atoms with Gasteiger partial charge in [0.15, 0.2) is 0 Å². The van der Waals surface area contributed by atoms with Crippen LogP contribution in [0.4, 0.5) is 0 Å². The molecule has 2 saturated carbocycles. The molecule has 0 aromatic heterocycles. The molecule has 0 aromatic carbocycles. The molecule has 5 atom stereocenters. The second-order valence-electron chi connectivity index (χ2n) is 8.75. The standard InChI is InChI=1S/C21H36O3/c1-15(9-10-16(2)20(3,4)24-14-23-6)17-11-12-18-19(22)8-7-13-21(17,18)5/h9-10,15-18H,7-8,11-14H2,1-6H3/t15?,16?,17?,18?,21-/m1/s1. The summed E-state index contributed by atoms with van der Waals surface area (Å²) in [5.74, 6) is 2.27. The van der Waals surface area contributed by atoms with Gasteiger partial charge in [-0.25, -0.2) is 0 Å². The fraction of sp³-hybridized carbons (Fsp3) is 0.857. The molecular weight excluding hydrogens is 300 g/mol. The van der Waals surface area contributed by atoms with Crippen molar-refractivity contribution in [2.24, 2.45) is 29.1 Å². The summed E-state index contributed by atoms with van der Waals surface area (Å²) in [5.41, 5.74) is -0.0282. The summed E-state index contributed by atoms with van der Waals surface area (Å²) >= 11 is 0. The minimum Gasteiger partial charge on any atom is -0.359 e. The van der Waals surface area contributed by atoms with Crippen molar-refractivity contribution in [3.8, 4) is 0 Å². The molecule has 0 heterocycles. The molecule has 3 nitrogen and oxygen atoms in total. The molecule has 4 unspecified atom stereocenters. The lowest BCUT2D eigenvalue weighted by Gasteiger charge is -2.41. The Morgan fingerprint density at radius 1 is 1.29 bits per heavy atom. The number of ether oxygens (including phenoxy) is 2. The van der Waals surface area contributed by atoms with Gasteiger partial charge in [0.1, 0.15) is 12.6 Å². The third kappa shape index (κ3) is 3.94. The quantitative estimate of drug-likeness (QED) is 0.485. The fourth-order valence-corrected chi connectivity index (χ4v) is 4.88. The molecule has 3 heteroatoms. The highest BCUT2D eigenvalue weighted by atomic mass is 16.7. The van der Waals surface area contributed by atoms with Crippen molar-refractivity contribution >= 4 is 5.78 Å². The molecule has 138 valence electrons. The number of methoxy groups -OCH3 is 1. The van der Waals surface area contributed by atoms with Crippen LogP contribution >= 0.6 is 0 Å². The van der Waals surface area contributed by atoms with Crippen LogP contribution in [0.2, 0.25) is 0 Å². The SMILES string of the molecule is COCOC(C)(C)C(C)C=CC(C)C1CCC2C(=O)CCC[C@@]21C. The number of carbonyl (C=O) groups is 1. The van der Waals surface area contributed by atoms with Gasteiger partial charge in [-0.3, -0.25) is 4.79 Å². The van der Waals surface area contributed by atoms with Crippen LogP contribution in [-0.2, 0) is 14.3 Å². The number of hydrogen-bond donors (Lipinski definition) is 0. The van der Waals surface area contributed by atoms with E-state index in [-0.39, 0.29) is 11.0 Å². The van der Waals surface area contributed by atoms with Gasteiger partial charge in [-0.2, -0.15) is 0 Å². The zero-order valence-corrected chi connectivity index (χ0v) is 16.4. The van der Waals surface area contributed by atoms with Crippen LogP contribution in [0.5, 0.6) is 0 Å². The van der Waals surface area contributed by atoms with Crippen LogP contribution in [0.3, 0.4) is 0 Å². The van der Waals surface area contributed by atoms with Crippen LogP contribution in [0.1, 0.15) is 66.7 Å². The molecule has 2 aliphatic carbocycles. The fourth-order valence-electron chi connectivity index (χ4n) is 4.88. The maximum absolute atomic E-state index is 12.3. The molecule has 0 saturated heterocycles. The van der Waals surface area contributed by atoms with E-state index in [1.165, 1.54) is 12.8 Å². The molecule has 0 radical (unpaired) electrons. The molecule has 24 heavy (non-hydrogen) atoms. The van der Waals surface area contributed by atoms with E-state index in [4.69, 9.17) is 9.47 Å². The van der Waals surface area contributed by atoms with Crippen molar-refractivity contribution in [3.63, 3.8) is 0 Å². The van der Waals surface area contributed by atoms with Crippen LogP contribution < -0.4 is 0 Å². The summed E-state index contributed by atoms with van der Waals surface area (Å²) in [7, 11) is 1.65. The Labute approximate surface area is 148 Å². The second-order valence-corrected chi connectivity index (χ2v) is 8.75. The van der Waals surface area contributed by atoms with Crippen LogP contribution in [0, 0.1) is 29.1 Å². The molecule has 0 aliphatic heterocycles. The molecule has 0 amide bonds. The van der Waals surface area contributed by atoms with E-state index in [1.807, 2.05) is 0 Å². The number of ketones is 1. The van der Waals surface area contributed by atoms with Crippen molar-refractivity contribution in [3.05, 3.63) is 12.2 Å². The van der Waals surface area contributed by atoms with E-state index in [0.29, 0.717) is 36.2 Å². The zero-order valence-electron chi connectivity index (χ0n) is 16.4. The van der Waals surface area contributed by atoms with Crippen molar-refractivity contribution in [1.82, 2.24) is 0 Å². The lowest BCUT2D eigenvalue weighted by molar-refractivity contribution is -0.129. The highest BCUT2D eigenvalue weighted by Crippen LogP contribution is 2.56. The zero-order chi connectivity index (χ0) is 18.0. The van der Waals surface area contributed by atoms with Gasteiger partial charge in [-0.05, 0) is 56.8 Å². The first kappa shape index (κ1) is 19.7. The molecule has 2 fully saturated rings. The molecular formula is C21H36O3. The van der Waals surface area contributed by atoms with Gasteiger partial charge in [0, 0.05) is 25.4 Å². The number of rotatable bonds is 7. The van der Waals surface area contributed by atoms with E-state index in [0.717, 1.165) is 19.3 Å². The Hall–Kier alpha value is -0.670. The average Bonchev–Trinajstić information content (AvgIpc) is 2.88. The summed E-state index contributed by atoms with van der Waals surface area (Å²) in [4.78, 5) is 12.3. The first-order valence-corrected chi connectivity index (χ1v) is 9.56. The lowest BCUT2D eigenvalue weighted by atomic mass is 9.62. The summed E-state index contributed by atoms with van der Waals surface area (Å²) in [6, 6.07) is 0. The molecule has 2 aliphatic rings. The number of Topliss-reactive ketones (excluding diaryl/α,β-unsaturated/α-hetero) is 1. The van der Waals surface area contributed by atoms with Gasteiger partial charge < -0.3 is 9.47 Å². The lowest BCUT2D eigenvalue weighted by Crippen LogP contribution is -2.39. The largest absolute Gasteiger partial charge is 0.359 e. The summed E-state index contributed by atoms with van der Waals surface area (Å²) < 4.78 is 10.8. The first-order chi connectivity index (χ1) is 11.2. The maximum atomic E-state index is 12.3. The van der Waals surface area contributed by atoms with Gasteiger partial charge in [0.05, 0.1) is 5.60 Å². The summed E-state index contributed by atoms with van der Waals surface area (Å²) in [6.07, 6.45) is 10.0. The minimum absolute atomic E-state index is 0.213. The average molecular weight is 337 g/mol. The predicted octanol–water partition coefficient (Wildman–Crippen LogP) is 5.00. The van der Waals surface area contributed by atoms with Gasteiger partial charge >= 0.3 is 0 Å². The van der Waals surface area contributed by atoms with Gasteiger partial charge in [-0.15, -0.1) is 0 Å². The van der Waals surface area contributed by atoms with Gasteiger partial charge in [-0.1, -0.05) is 32.9 Å². The summed E-state index contributed by atoms with van der Waals surface area (Å²) in [6.45, 7) is 11.4. The Bertz CT molecular complexity index is 468. The summed E-state index contributed by atoms with van der Waals surface area (Å²) in [5, 5.41) is 0. The van der Waals surface area contributed by atoms with Crippen LogP contribution in [0.25, 0.3) is 0 Å².